The van der Waals surface area contributed by atoms with E-state index in [4.69, 9.17) is 4.74 Å². The first kappa shape index (κ1) is 13.1. The van der Waals surface area contributed by atoms with Crippen molar-refractivity contribution in [2.75, 3.05) is 13.7 Å². The zero-order valence-electron chi connectivity index (χ0n) is 11.7. The lowest BCUT2D eigenvalue weighted by Crippen LogP contribution is -2.18. The minimum absolute atomic E-state index is 0.00370. The zero-order valence-corrected chi connectivity index (χ0v) is 11.7. The van der Waals surface area contributed by atoms with Crippen LogP contribution in [0.1, 0.15) is 28.3 Å². The second-order valence-electron chi connectivity index (χ2n) is 5.20. The van der Waals surface area contributed by atoms with Crippen molar-refractivity contribution in [2.45, 2.75) is 19.4 Å². The van der Waals surface area contributed by atoms with Crippen molar-refractivity contribution in [1.29, 1.82) is 0 Å². The Morgan fingerprint density at radius 2 is 1.90 bits per heavy atom. The van der Waals surface area contributed by atoms with Crippen LogP contribution in [0.4, 0.5) is 4.39 Å². The van der Waals surface area contributed by atoms with Crippen LogP contribution in [-0.2, 0) is 6.42 Å². The molecule has 0 spiro atoms. The number of rotatable bonds is 3. The van der Waals surface area contributed by atoms with Gasteiger partial charge in [-0.3, -0.25) is 0 Å². The summed E-state index contributed by atoms with van der Waals surface area (Å²) in [4.78, 5) is 0. The Bertz CT molecular complexity index is 639. The largest absolute Gasteiger partial charge is 0.493 e. The lowest BCUT2D eigenvalue weighted by molar-refractivity contribution is 0.357. The number of hydrogen-bond donors (Lipinski definition) is 1. The van der Waals surface area contributed by atoms with Crippen LogP contribution in [0.5, 0.6) is 5.75 Å². The van der Waals surface area contributed by atoms with E-state index < -0.39 is 0 Å². The summed E-state index contributed by atoms with van der Waals surface area (Å²) in [7, 11) is 1.89. The van der Waals surface area contributed by atoms with Gasteiger partial charge in [-0.05, 0) is 48.4 Å². The first-order valence-electron chi connectivity index (χ1n) is 6.88. The molecule has 2 aromatic rings. The summed E-state index contributed by atoms with van der Waals surface area (Å²) in [6, 6.07) is 11.6. The predicted octanol–water partition coefficient (Wildman–Crippen LogP) is 3.38. The smallest absolute Gasteiger partial charge is 0.126 e. The van der Waals surface area contributed by atoms with E-state index in [-0.39, 0.29) is 11.9 Å². The molecule has 0 fully saturated rings. The van der Waals surface area contributed by atoms with Gasteiger partial charge in [-0.1, -0.05) is 24.3 Å². The Balaban J connectivity index is 1.98. The minimum Gasteiger partial charge on any atom is -0.493 e. The number of nitrogens with one attached hydrogen (secondary N) is 1. The normalized spacial score (nSPS) is 14.8. The molecular weight excluding hydrogens is 253 g/mol. The van der Waals surface area contributed by atoms with Gasteiger partial charge in [0, 0.05) is 6.42 Å². The van der Waals surface area contributed by atoms with Crippen molar-refractivity contribution in [3.05, 3.63) is 64.5 Å². The van der Waals surface area contributed by atoms with Crippen LogP contribution in [0.25, 0.3) is 0 Å². The van der Waals surface area contributed by atoms with Crippen LogP contribution < -0.4 is 10.1 Å². The van der Waals surface area contributed by atoms with Gasteiger partial charge in [-0.2, -0.15) is 0 Å². The molecule has 0 bridgehead atoms. The van der Waals surface area contributed by atoms with Crippen molar-refractivity contribution in [3.8, 4) is 5.75 Å². The fourth-order valence-electron chi connectivity index (χ4n) is 2.70. The monoisotopic (exact) mass is 271 g/mol. The maximum absolute atomic E-state index is 13.8. The van der Waals surface area contributed by atoms with Crippen molar-refractivity contribution >= 4 is 0 Å². The van der Waals surface area contributed by atoms with Crippen LogP contribution >= 0.6 is 0 Å². The van der Waals surface area contributed by atoms with E-state index in [1.807, 2.05) is 31.3 Å². The fourth-order valence-corrected chi connectivity index (χ4v) is 2.70. The van der Waals surface area contributed by atoms with E-state index in [0.717, 1.165) is 29.9 Å². The Kier molecular flexibility index (Phi) is 3.45. The second-order valence-corrected chi connectivity index (χ2v) is 5.20. The summed E-state index contributed by atoms with van der Waals surface area (Å²) in [5.74, 6) is 0.811. The highest BCUT2D eigenvalue weighted by Gasteiger charge is 2.18. The highest BCUT2D eigenvalue weighted by Crippen LogP contribution is 2.30. The highest BCUT2D eigenvalue weighted by molar-refractivity contribution is 5.43. The van der Waals surface area contributed by atoms with Gasteiger partial charge in [0.05, 0.1) is 12.6 Å². The van der Waals surface area contributed by atoms with Gasteiger partial charge in [-0.15, -0.1) is 0 Å². The zero-order chi connectivity index (χ0) is 14.1. The average Bonchev–Trinajstić information content (AvgIpc) is 2.91. The quantitative estimate of drug-likeness (QED) is 0.924. The van der Waals surface area contributed by atoms with Crippen LogP contribution in [0, 0.1) is 12.7 Å². The Morgan fingerprint density at radius 1 is 1.15 bits per heavy atom. The molecule has 0 aromatic heterocycles. The van der Waals surface area contributed by atoms with Crippen LogP contribution in [0.15, 0.2) is 36.4 Å². The van der Waals surface area contributed by atoms with Crippen LogP contribution in [-0.4, -0.2) is 13.7 Å². The number of aryl methyl sites for hydroxylation is 1. The van der Waals surface area contributed by atoms with E-state index in [0.29, 0.717) is 5.56 Å². The summed E-state index contributed by atoms with van der Waals surface area (Å²) in [6.07, 6.45) is 0.946. The van der Waals surface area contributed by atoms with Crippen molar-refractivity contribution < 1.29 is 9.13 Å². The van der Waals surface area contributed by atoms with Crippen molar-refractivity contribution in [3.63, 3.8) is 0 Å². The molecule has 1 heterocycles. The molecule has 0 amide bonds. The average molecular weight is 271 g/mol. The molecule has 0 aliphatic carbocycles. The third kappa shape index (κ3) is 2.29. The van der Waals surface area contributed by atoms with Crippen LogP contribution in [0.2, 0.25) is 0 Å². The number of benzene rings is 2. The molecule has 2 nitrogen and oxygen atoms in total. The minimum atomic E-state index is -0.160. The molecule has 1 N–H and O–H groups in total. The Morgan fingerprint density at radius 3 is 2.65 bits per heavy atom. The molecule has 3 rings (SSSR count). The molecular formula is C17H18FNO. The molecule has 3 heteroatoms. The summed E-state index contributed by atoms with van der Waals surface area (Å²) in [5, 5.41) is 3.27. The van der Waals surface area contributed by atoms with E-state index in [1.54, 1.807) is 13.0 Å². The van der Waals surface area contributed by atoms with E-state index in [2.05, 4.69) is 11.4 Å². The molecule has 1 atom stereocenters. The second kappa shape index (κ2) is 5.25. The summed E-state index contributed by atoms with van der Waals surface area (Å²) in [6.45, 7) is 2.53. The predicted molar refractivity (Wildman–Crippen MR) is 77.7 cm³/mol. The van der Waals surface area contributed by atoms with Gasteiger partial charge in [0.1, 0.15) is 11.6 Å². The van der Waals surface area contributed by atoms with Gasteiger partial charge >= 0.3 is 0 Å². The van der Waals surface area contributed by atoms with Gasteiger partial charge in [-0.25, -0.2) is 4.39 Å². The molecule has 0 saturated carbocycles. The highest BCUT2D eigenvalue weighted by atomic mass is 19.1. The third-order valence-electron chi connectivity index (χ3n) is 3.86. The lowest BCUT2D eigenvalue weighted by Gasteiger charge is -2.18. The lowest BCUT2D eigenvalue weighted by atomic mass is 9.96. The topological polar surface area (TPSA) is 21.3 Å². The molecule has 0 radical (unpaired) electrons. The molecule has 20 heavy (non-hydrogen) atoms. The van der Waals surface area contributed by atoms with Crippen molar-refractivity contribution in [2.24, 2.45) is 0 Å². The van der Waals surface area contributed by atoms with Crippen LogP contribution in [0.3, 0.4) is 0 Å². The fraction of sp³-hybridized carbons (Fsp3) is 0.294. The van der Waals surface area contributed by atoms with Gasteiger partial charge in [0.25, 0.3) is 0 Å². The van der Waals surface area contributed by atoms with Gasteiger partial charge < -0.3 is 10.1 Å². The Labute approximate surface area is 118 Å². The maximum atomic E-state index is 13.8. The number of fused-ring (bicyclic) bond motifs is 1. The summed E-state index contributed by atoms with van der Waals surface area (Å²) >= 11 is 0. The number of halogens is 1. The number of hydrogen-bond acceptors (Lipinski definition) is 2. The maximum Gasteiger partial charge on any atom is 0.126 e. The first-order valence-corrected chi connectivity index (χ1v) is 6.88. The van der Waals surface area contributed by atoms with Crippen molar-refractivity contribution in [1.82, 2.24) is 5.32 Å². The van der Waals surface area contributed by atoms with E-state index in [1.165, 1.54) is 5.56 Å². The molecule has 2 aromatic carbocycles. The molecule has 1 aliphatic heterocycles. The Hall–Kier alpha value is -1.87. The van der Waals surface area contributed by atoms with E-state index >= 15 is 0 Å². The summed E-state index contributed by atoms with van der Waals surface area (Å²) < 4.78 is 19.3. The van der Waals surface area contributed by atoms with Gasteiger partial charge in [0.15, 0.2) is 0 Å². The number of ether oxygens (including phenoxy) is 1. The molecule has 104 valence electrons. The third-order valence-corrected chi connectivity index (χ3v) is 3.86. The SMILES string of the molecule is CNC(c1ccc(C)c(F)c1)c1ccc2c(c1)CCO2. The van der Waals surface area contributed by atoms with E-state index in [9.17, 15) is 4.39 Å². The van der Waals surface area contributed by atoms with Gasteiger partial charge in [0.2, 0.25) is 0 Å². The molecule has 1 unspecified atom stereocenters. The molecule has 1 aliphatic rings. The summed E-state index contributed by atoms with van der Waals surface area (Å²) in [5.41, 5.74) is 3.98. The standard InChI is InChI=1S/C17H18FNO/c1-11-3-4-14(10-15(11)18)17(19-2)13-5-6-16-12(9-13)7-8-20-16/h3-6,9-10,17,19H,7-8H2,1-2H3. The first-order chi connectivity index (χ1) is 9.69. The molecule has 0 saturated heterocycles.